The molecule has 0 spiro atoms. The van der Waals surface area contributed by atoms with Gasteiger partial charge in [0.1, 0.15) is 10.6 Å². The fourth-order valence-electron chi connectivity index (χ4n) is 1.57. The first kappa shape index (κ1) is 15.3. The molecular weight excluding hydrogens is 314 g/mol. The summed E-state index contributed by atoms with van der Waals surface area (Å²) in [5.74, 6) is -1.01. The van der Waals surface area contributed by atoms with Crippen LogP contribution in [0.2, 0.25) is 5.02 Å². The Bertz CT molecular complexity index is 683. The van der Waals surface area contributed by atoms with Gasteiger partial charge in [0.2, 0.25) is 0 Å². The Morgan fingerprint density at radius 2 is 2.14 bits per heavy atom. The van der Waals surface area contributed by atoms with Crippen LogP contribution in [0.15, 0.2) is 29.6 Å². The monoisotopic (exact) mass is 325 g/mol. The third-order valence-corrected chi connectivity index (χ3v) is 3.76. The molecule has 110 valence electrons. The molecule has 0 fully saturated rings. The number of hydrogen-bond acceptors (Lipinski definition) is 4. The van der Waals surface area contributed by atoms with Crippen LogP contribution < -0.4 is 10.1 Å². The van der Waals surface area contributed by atoms with Crippen LogP contribution in [0.5, 0.6) is 5.75 Å². The Balaban J connectivity index is 1.92. The van der Waals surface area contributed by atoms with Crippen molar-refractivity contribution in [3.8, 4) is 5.75 Å². The van der Waals surface area contributed by atoms with Crippen LogP contribution in [0.4, 0.5) is 5.69 Å². The van der Waals surface area contributed by atoms with Crippen LogP contribution in [0, 0.1) is 6.92 Å². The number of halogens is 1. The SMILES string of the molecule is Cc1ccc(Cl)cc1NC(=O)COc1csc(C(=O)O)c1. The van der Waals surface area contributed by atoms with E-state index in [4.69, 9.17) is 21.4 Å². The Labute approximate surface area is 130 Å². The first-order chi connectivity index (χ1) is 9.95. The largest absolute Gasteiger partial charge is 0.483 e. The molecule has 0 atom stereocenters. The van der Waals surface area contributed by atoms with Crippen LogP contribution >= 0.6 is 22.9 Å². The van der Waals surface area contributed by atoms with Gasteiger partial charge in [-0.2, -0.15) is 0 Å². The van der Waals surface area contributed by atoms with Crippen molar-refractivity contribution < 1.29 is 19.4 Å². The highest BCUT2D eigenvalue weighted by molar-refractivity contribution is 7.12. The van der Waals surface area contributed by atoms with Gasteiger partial charge in [0.05, 0.1) is 0 Å². The number of thiophene rings is 1. The molecule has 1 heterocycles. The molecular formula is C14H12ClNO4S. The van der Waals surface area contributed by atoms with E-state index in [-0.39, 0.29) is 17.4 Å². The minimum atomic E-state index is -1.02. The number of aromatic carboxylic acids is 1. The van der Waals surface area contributed by atoms with Gasteiger partial charge in [-0.05, 0) is 24.6 Å². The number of nitrogens with one attached hydrogen (secondary N) is 1. The number of benzene rings is 1. The Morgan fingerprint density at radius 3 is 2.81 bits per heavy atom. The Morgan fingerprint density at radius 1 is 1.38 bits per heavy atom. The highest BCUT2D eigenvalue weighted by Gasteiger charge is 2.10. The summed E-state index contributed by atoms with van der Waals surface area (Å²) in [6.07, 6.45) is 0. The van der Waals surface area contributed by atoms with Gasteiger partial charge < -0.3 is 15.2 Å². The van der Waals surface area contributed by atoms with Gasteiger partial charge in [-0.25, -0.2) is 4.79 Å². The molecule has 1 aromatic heterocycles. The number of aryl methyl sites for hydroxylation is 1. The minimum Gasteiger partial charge on any atom is -0.483 e. The summed E-state index contributed by atoms with van der Waals surface area (Å²) in [6.45, 7) is 1.65. The fourth-order valence-corrected chi connectivity index (χ4v) is 2.41. The first-order valence-corrected chi connectivity index (χ1v) is 7.22. The van der Waals surface area contributed by atoms with Crippen molar-refractivity contribution in [3.63, 3.8) is 0 Å². The van der Waals surface area contributed by atoms with E-state index in [0.717, 1.165) is 16.9 Å². The van der Waals surface area contributed by atoms with E-state index < -0.39 is 5.97 Å². The number of carboxylic acids is 1. The zero-order valence-electron chi connectivity index (χ0n) is 11.1. The highest BCUT2D eigenvalue weighted by atomic mass is 35.5. The number of hydrogen-bond donors (Lipinski definition) is 2. The van der Waals surface area contributed by atoms with Crippen molar-refractivity contribution in [1.29, 1.82) is 0 Å². The first-order valence-electron chi connectivity index (χ1n) is 5.96. The lowest BCUT2D eigenvalue weighted by Crippen LogP contribution is -2.20. The van der Waals surface area contributed by atoms with Crippen LogP contribution in [-0.4, -0.2) is 23.6 Å². The predicted molar refractivity (Wildman–Crippen MR) is 81.6 cm³/mol. The molecule has 7 heteroatoms. The van der Waals surface area contributed by atoms with E-state index in [1.54, 1.807) is 23.6 Å². The number of carbonyl (C=O) groups is 2. The lowest BCUT2D eigenvalue weighted by atomic mass is 10.2. The van der Waals surface area contributed by atoms with Gasteiger partial charge in [0.25, 0.3) is 5.91 Å². The highest BCUT2D eigenvalue weighted by Crippen LogP contribution is 2.22. The van der Waals surface area contributed by atoms with Crippen molar-refractivity contribution in [2.45, 2.75) is 6.92 Å². The molecule has 0 saturated heterocycles. The van der Waals surface area contributed by atoms with E-state index in [1.807, 2.05) is 6.92 Å². The van der Waals surface area contributed by atoms with Crippen LogP contribution in [0.1, 0.15) is 15.2 Å². The standard InChI is InChI=1S/C14H12ClNO4S/c1-8-2-3-9(15)4-11(8)16-13(17)6-20-10-5-12(14(18)19)21-7-10/h2-5,7H,6H2,1H3,(H,16,17)(H,18,19). The maximum atomic E-state index is 11.8. The van der Waals surface area contributed by atoms with Gasteiger partial charge in [-0.15, -0.1) is 11.3 Å². The average molecular weight is 326 g/mol. The minimum absolute atomic E-state index is 0.163. The topological polar surface area (TPSA) is 75.6 Å². The molecule has 0 unspecified atom stereocenters. The molecule has 2 N–H and O–H groups in total. The van der Waals surface area contributed by atoms with Crippen LogP contribution in [0.3, 0.4) is 0 Å². The Kier molecular flexibility index (Phi) is 4.82. The molecule has 0 aliphatic carbocycles. The second-order valence-corrected chi connectivity index (χ2v) is 5.60. The molecule has 1 aromatic carbocycles. The van der Waals surface area contributed by atoms with Crippen molar-refractivity contribution in [3.05, 3.63) is 45.1 Å². The molecule has 0 aliphatic rings. The maximum absolute atomic E-state index is 11.8. The molecule has 1 amide bonds. The summed E-state index contributed by atoms with van der Waals surface area (Å²) in [5, 5.41) is 13.6. The third-order valence-electron chi connectivity index (χ3n) is 2.63. The molecule has 0 aliphatic heterocycles. The summed E-state index contributed by atoms with van der Waals surface area (Å²) in [5.41, 5.74) is 1.50. The van der Waals surface area contributed by atoms with Gasteiger partial charge >= 0.3 is 5.97 Å². The lowest BCUT2D eigenvalue weighted by Gasteiger charge is -2.09. The fraction of sp³-hybridized carbons (Fsp3) is 0.143. The maximum Gasteiger partial charge on any atom is 0.346 e. The average Bonchev–Trinajstić information content (AvgIpc) is 2.90. The van der Waals surface area contributed by atoms with Crippen LogP contribution in [0.25, 0.3) is 0 Å². The second kappa shape index (κ2) is 6.60. The second-order valence-electron chi connectivity index (χ2n) is 4.25. The number of amides is 1. The smallest absolute Gasteiger partial charge is 0.346 e. The van der Waals surface area contributed by atoms with E-state index in [2.05, 4.69) is 5.32 Å². The molecule has 0 saturated carbocycles. The number of carboxylic acid groups (broad SMARTS) is 1. The molecule has 5 nitrogen and oxygen atoms in total. The molecule has 0 radical (unpaired) electrons. The number of ether oxygens (including phenoxy) is 1. The van der Waals surface area contributed by atoms with Crippen molar-refractivity contribution in [2.75, 3.05) is 11.9 Å². The number of rotatable bonds is 5. The van der Waals surface area contributed by atoms with E-state index in [0.29, 0.717) is 16.5 Å². The van der Waals surface area contributed by atoms with Crippen molar-refractivity contribution in [2.24, 2.45) is 0 Å². The third kappa shape index (κ3) is 4.21. The van der Waals surface area contributed by atoms with Gasteiger partial charge in [0.15, 0.2) is 6.61 Å². The lowest BCUT2D eigenvalue weighted by molar-refractivity contribution is -0.118. The number of carbonyl (C=O) groups excluding carboxylic acids is 1. The molecule has 2 rings (SSSR count). The van der Waals surface area contributed by atoms with E-state index in [9.17, 15) is 9.59 Å². The summed E-state index contributed by atoms with van der Waals surface area (Å²) < 4.78 is 5.24. The summed E-state index contributed by atoms with van der Waals surface area (Å²) in [4.78, 5) is 22.7. The number of anilines is 1. The summed E-state index contributed by atoms with van der Waals surface area (Å²) in [6, 6.07) is 6.57. The van der Waals surface area contributed by atoms with Crippen LogP contribution in [-0.2, 0) is 4.79 Å². The zero-order chi connectivity index (χ0) is 15.4. The Hall–Kier alpha value is -2.05. The van der Waals surface area contributed by atoms with Crippen molar-refractivity contribution in [1.82, 2.24) is 0 Å². The van der Waals surface area contributed by atoms with Gasteiger partial charge in [-0.3, -0.25) is 4.79 Å². The van der Waals surface area contributed by atoms with Gasteiger partial charge in [0, 0.05) is 22.2 Å². The predicted octanol–water partition coefficient (Wildman–Crippen LogP) is 3.43. The molecule has 0 bridgehead atoms. The van der Waals surface area contributed by atoms with Crippen molar-refractivity contribution >= 4 is 40.5 Å². The summed E-state index contributed by atoms with van der Waals surface area (Å²) >= 11 is 6.91. The van der Waals surface area contributed by atoms with E-state index >= 15 is 0 Å². The summed E-state index contributed by atoms with van der Waals surface area (Å²) in [7, 11) is 0. The van der Waals surface area contributed by atoms with E-state index in [1.165, 1.54) is 6.07 Å². The quantitative estimate of drug-likeness (QED) is 0.883. The molecule has 2 aromatic rings. The molecule has 21 heavy (non-hydrogen) atoms. The van der Waals surface area contributed by atoms with Gasteiger partial charge in [-0.1, -0.05) is 17.7 Å². The normalized spacial score (nSPS) is 10.2. The zero-order valence-corrected chi connectivity index (χ0v) is 12.6.